The highest BCUT2D eigenvalue weighted by molar-refractivity contribution is 7.80. The Morgan fingerprint density at radius 2 is 1.84 bits per heavy atom. The van der Waals surface area contributed by atoms with E-state index < -0.39 is 0 Å². The number of aromatic nitrogens is 2. The lowest BCUT2D eigenvalue weighted by Gasteiger charge is -2.28. The van der Waals surface area contributed by atoms with Gasteiger partial charge in [0.25, 0.3) is 0 Å². The maximum atomic E-state index is 12.9. The number of phenols is 1. The molecule has 3 heterocycles. The highest BCUT2D eigenvalue weighted by Gasteiger charge is 2.41. The molecule has 2 atom stereocenters. The molecule has 0 aliphatic carbocycles. The number of aromatic hydroxyl groups is 1. The molecule has 1 fully saturated rings. The Balaban J connectivity index is 1.46. The van der Waals surface area contributed by atoms with Gasteiger partial charge >= 0.3 is 0 Å². The van der Waals surface area contributed by atoms with Crippen LogP contribution in [0.25, 0.3) is 5.69 Å². The number of pyridine rings is 1. The maximum Gasteiger partial charge on any atom is 0.226 e. The number of hydrogen-bond acceptors (Lipinski definition) is 4. The van der Waals surface area contributed by atoms with Gasteiger partial charge in [0.15, 0.2) is 5.11 Å². The summed E-state index contributed by atoms with van der Waals surface area (Å²) in [7, 11) is 0. The second-order valence-corrected chi connectivity index (χ2v) is 10.1. The molecule has 0 radical (unpaired) electrons. The third kappa shape index (κ3) is 5.13. The molecule has 1 saturated heterocycles. The predicted octanol–water partition coefficient (Wildman–Crippen LogP) is 5.50. The molecular weight excluding hydrogens is 494 g/mol. The lowest BCUT2D eigenvalue weighted by atomic mass is 9.96. The van der Waals surface area contributed by atoms with Crippen LogP contribution in [0.15, 0.2) is 79.0 Å². The first-order chi connectivity index (χ1) is 18.3. The molecule has 8 heteroatoms. The number of thiocarbonyl (C=S) groups is 1. The molecular formula is C30H31N5O2S. The van der Waals surface area contributed by atoms with Gasteiger partial charge in [-0.25, -0.2) is 0 Å². The molecule has 3 N–H and O–H groups in total. The van der Waals surface area contributed by atoms with Crippen molar-refractivity contribution in [2.75, 3.05) is 11.9 Å². The van der Waals surface area contributed by atoms with Crippen molar-refractivity contribution in [2.45, 2.75) is 39.3 Å². The van der Waals surface area contributed by atoms with Crippen LogP contribution >= 0.6 is 12.2 Å². The molecule has 0 bridgehead atoms. The monoisotopic (exact) mass is 525 g/mol. The van der Waals surface area contributed by atoms with Crippen molar-refractivity contribution in [1.82, 2.24) is 19.8 Å². The third-order valence-corrected chi connectivity index (χ3v) is 7.33. The van der Waals surface area contributed by atoms with Crippen molar-refractivity contribution in [3.8, 4) is 11.4 Å². The minimum atomic E-state index is -0.169. The molecule has 194 valence electrons. The van der Waals surface area contributed by atoms with Gasteiger partial charge in [-0.3, -0.25) is 9.78 Å². The third-order valence-electron chi connectivity index (χ3n) is 6.98. The molecule has 1 amide bonds. The number of hydrogen-bond donors (Lipinski definition) is 3. The molecule has 0 unspecified atom stereocenters. The van der Waals surface area contributed by atoms with Crippen LogP contribution in [-0.2, 0) is 4.79 Å². The fourth-order valence-corrected chi connectivity index (χ4v) is 5.57. The van der Waals surface area contributed by atoms with Gasteiger partial charge in [0.05, 0.1) is 17.8 Å². The second-order valence-electron chi connectivity index (χ2n) is 9.67. The van der Waals surface area contributed by atoms with Gasteiger partial charge in [-0.2, -0.15) is 0 Å². The zero-order chi connectivity index (χ0) is 26.8. The first kappa shape index (κ1) is 25.5. The second kappa shape index (κ2) is 10.7. The Bertz CT molecular complexity index is 1470. The number of aryl methyl sites for hydroxylation is 2. The zero-order valence-electron chi connectivity index (χ0n) is 21.7. The van der Waals surface area contributed by atoms with Gasteiger partial charge in [0.2, 0.25) is 5.91 Å². The number of carbonyl (C=O) groups excluding carboxylic acids is 1. The van der Waals surface area contributed by atoms with Crippen molar-refractivity contribution in [1.29, 1.82) is 0 Å². The molecule has 1 aliphatic rings. The average molecular weight is 526 g/mol. The summed E-state index contributed by atoms with van der Waals surface area (Å²) in [5.74, 6) is 0.167. The van der Waals surface area contributed by atoms with Crippen LogP contribution in [0, 0.1) is 20.8 Å². The fourth-order valence-electron chi connectivity index (χ4n) is 5.24. The number of benzene rings is 2. The summed E-state index contributed by atoms with van der Waals surface area (Å²) >= 11 is 5.80. The van der Waals surface area contributed by atoms with E-state index in [0.29, 0.717) is 11.7 Å². The Kier molecular flexibility index (Phi) is 7.15. The molecule has 38 heavy (non-hydrogen) atoms. The van der Waals surface area contributed by atoms with Gasteiger partial charge in [0, 0.05) is 41.9 Å². The van der Waals surface area contributed by atoms with Crippen molar-refractivity contribution >= 4 is 28.9 Å². The van der Waals surface area contributed by atoms with Crippen LogP contribution in [0.2, 0.25) is 0 Å². The van der Waals surface area contributed by atoms with Crippen LogP contribution in [0.3, 0.4) is 0 Å². The minimum Gasteiger partial charge on any atom is -0.508 e. The number of phenolic OH excluding ortho intramolecular Hbond substituents is 1. The molecule has 1 aliphatic heterocycles. The fraction of sp³-hybridized carbons (Fsp3) is 0.233. The molecule has 5 rings (SSSR count). The van der Waals surface area contributed by atoms with Crippen molar-refractivity contribution in [3.05, 3.63) is 107 Å². The number of amides is 1. The van der Waals surface area contributed by atoms with E-state index in [1.807, 2.05) is 61.5 Å². The highest BCUT2D eigenvalue weighted by Crippen LogP contribution is 2.41. The minimum absolute atomic E-state index is 0.0620. The standard InChI is InChI=1S/C30H31N5O2S/c1-19-7-6-8-22(17-19)32-27(37)14-16-34-29(28(33-30(34)38)26-9-4-5-15-31-26)25-18-20(2)35(21(25)3)23-10-12-24(36)13-11-23/h4-13,15,17-18,28-29,36H,14,16H2,1-3H3,(H,32,37)(H,33,38)/t28-,29+/m1/s1. The molecule has 0 saturated carbocycles. The highest BCUT2D eigenvalue weighted by atomic mass is 32.1. The number of carbonyl (C=O) groups is 1. The zero-order valence-corrected chi connectivity index (χ0v) is 22.5. The van der Waals surface area contributed by atoms with E-state index in [-0.39, 0.29) is 30.2 Å². The van der Waals surface area contributed by atoms with E-state index in [9.17, 15) is 9.90 Å². The Morgan fingerprint density at radius 1 is 1.05 bits per heavy atom. The van der Waals surface area contributed by atoms with E-state index in [0.717, 1.165) is 39.6 Å². The summed E-state index contributed by atoms with van der Waals surface area (Å²) in [4.78, 5) is 19.6. The van der Waals surface area contributed by atoms with E-state index in [1.54, 1.807) is 18.3 Å². The van der Waals surface area contributed by atoms with Crippen molar-refractivity contribution < 1.29 is 9.90 Å². The lowest BCUT2D eigenvalue weighted by molar-refractivity contribution is -0.116. The summed E-state index contributed by atoms with van der Waals surface area (Å²) in [6, 6.07) is 22.7. The van der Waals surface area contributed by atoms with Crippen molar-refractivity contribution in [2.24, 2.45) is 0 Å². The molecule has 2 aromatic heterocycles. The van der Waals surface area contributed by atoms with Gasteiger partial charge in [0.1, 0.15) is 5.75 Å². The Hall–Kier alpha value is -4.17. The summed E-state index contributed by atoms with van der Waals surface area (Å²) in [6.45, 7) is 6.62. The van der Waals surface area contributed by atoms with Gasteiger partial charge in [-0.05, 0) is 98.7 Å². The van der Waals surface area contributed by atoms with E-state index >= 15 is 0 Å². The average Bonchev–Trinajstić information content (AvgIpc) is 3.38. The van der Waals surface area contributed by atoms with E-state index in [1.165, 1.54) is 0 Å². The van der Waals surface area contributed by atoms with Crippen LogP contribution in [0.4, 0.5) is 5.69 Å². The Morgan fingerprint density at radius 3 is 2.55 bits per heavy atom. The normalized spacial score (nSPS) is 16.9. The van der Waals surface area contributed by atoms with Crippen LogP contribution in [-0.4, -0.2) is 37.1 Å². The molecule has 2 aromatic carbocycles. The molecule has 7 nitrogen and oxygen atoms in total. The van der Waals surface area contributed by atoms with Crippen LogP contribution in [0.5, 0.6) is 5.75 Å². The van der Waals surface area contributed by atoms with Gasteiger partial charge in [-0.1, -0.05) is 18.2 Å². The largest absolute Gasteiger partial charge is 0.508 e. The first-order valence-electron chi connectivity index (χ1n) is 12.6. The van der Waals surface area contributed by atoms with Gasteiger partial charge in [-0.15, -0.1) is 0 Å². The van der Waals surface area contributed by atoms with Crippen LogP contribution in [0.1, 0.15) is 46.7 Å². The summed E-state index contributed by atoms with van der Waals surface area (Å²) in [5, 5.41) is 16.9. The van der Waals surface area contributed by atoms with Crippen molar-refractivity contribution in [3.63, 3.8) is 0 Å². The Labute approximate surface area is 228 Å². The van der Waals surface area contributed by atoms with Crippen LogP contribution < -0.4 is 10.6 Å². The summed E-state index contributed by atoms with van der Waals surface area (Å²) in [6.07, 6.45) is 2.08. The van der Waals surface area contributed by atoms with E-state index in [4.69, 9.17) is 12.2 Å². The lowest BCUT2D eigenvalue weighted by Crippen LogP contribution is -2.32. The van der Waals surface area contributed by atoms with E-state index in [2.05, 4.69) is 45.0 Å². The predicted molar refractivity (Wildman–Crippen MR) is 153 cm³/mol. The number of rotatable bonds is 7. The SMILES string of the molecule is Cc1cccc(NC(=O)CCN2C(=S)N[C@H](c3ccccn3)[C@@H]2c2cc(C)n(-c3ccc(O)cc3)c2C)c1. The van der Waals surface area contributed by atoms with Gasteiger partial charge < -0.3 is 25.2 Å². The molecule has 0 spiro atoms. The first-order valence-corrected chi connectivity index (χ1v) is 13.1. The maximum absolute atomic E-state index is 12.9. The summed E-state index contributed by atoms with van der Waals surface area (Å²) < 4.78 is 2.17. The summed E-state index contributed by atoms with van der Waals surface area (Å²) in [5.41, 5.74) is 6.99. The molecule has 4 aromatic rings. The topological polar surface area (TPSA) is 82.4 Å². The number of nitrogens with zero attached hydrogens (tertiary/aromatic N) is 3. The number of anilines is 1. The smallest absolute Gasteiger partial charge is 0.226 e. The number of nitrogens with one attached hydrogen (secondary N) is 2. The quantitative estimate of drug-likeness (QED) is 0.276.